The molecule has 1 aliphatic heterocycles. The molecule has 1 heterocycles. The molecule has 4 aliphatic rings. The summed E-state index contributed by atoms with van der Waals surface area (Å²) in [4.78, 5) is 0. The van der Waals surface area contributed by atoms with Gasteiger partial charge in [0.25, 0.3) is 0 Å². The van der Waals surface area contributed by atoms with Gasteiger partial charge in [0.05, 0.1) is 0 Å². The SMILES string of the molecule is C=C1/C(=C/C2=CC(=C\C3=C4OC(c5ccccc5)=CC(c5ccccc5)=C4CCC3)/CCC2)CCC/C1=C(/C=C(\O)c1ccccc1)c1ccccc1. The molecule has 0 bridgehead atoms. The summed E-state index contributed by atoms with van der Waals surface area (Å²) >= 11 is 0. The van der Waals surface area contributed by atoms with E-state index in [0.717, 1.165) is 97.1 Å². The molecule has 0 aromatic heterocycles. The van der Waals surface area contributed by atoms with E-state index in [1.165, 1.54) is 44.6 Å². The highest BCUT2D eigenvalue weighted by molar-refractivity contribution is 5.89. The average Bonchev–Trinajstić information content (AvgIpc) is 3.22. The molecule has 0 amide bonds. The summed E-state index contributed by atoms with van der Waals surface area (Å²) in [5.74, 6) is 2.22. The first-order chi connectivity index (χ1) is 26.1. The lowest BCUT2D eigenvalue weighted by Gasteiger charge is -2.29. The highest BCUT2D eigenvalue weighted by Gasteiger charge is 2.28. The Morgan fingerprint density at radius 2 is 1.23 bits per heavy atom. The van der Waals surface area contributed by atoms with Crippen molar-refractivity contribution in [2.24, 2.45) is 0 Å². The minimum Gasteiger partial charge on any atom is -0.507 e. The number of rotatable bonds is 7. The maximum Gasteiger partial charge on any atom is 0.135 e. The fourth-order valence-corrected chi connectivity index (χ4v) is 8.13. The van der Waals surface area contributed by atoms with E-state index in [1.807, 2.05) is 42.5 Å². The lowest BCUT2D eigenvalue weighted by Crippen LogP contribution is -2.12. The van der Waals surface area contributed by atoms with Crippen LogP contribution in [0.4, 0.5) is 0 Å². The average molecular weight is 691 g/mol. The maximum absolute atomic E-state index is 11.2. The predicted octanol–water partition coefficient (Wildman–Crippen LogP) is 13.7. The van der Waals surface area contributed by atoms with E-state index in [2.05, 4.69) is 116 Å². The zero-order valence-corrected chi connectivity index (χ0v) is 30.4. The van der Waals surface area contributed by atoms with Gasteiger partial charge in [-0.3, -0.25) is 0 Å². The van der Waals surface area contributed by atoms with Crippen molar-refractivity contribution in [3.8, 4) is 0 Å². The van der Waals surface area contributed by atoms with Gasteiger partial charge in [0.2, 0.25) is 0 Å². The van der Waals surface area contributed by atoms with Crippen LogP contribution in [-0.4, -0.2) is 5.11 Å². The minimum atomic E-state index is 0.269. The van der Waals surface area contributed by atoms with Gasteiger partial charge in [-0.05, 0) is 126 Å². The Balaban J connectivity index is 1.14. The second kappa shape index (κ2) is 15.8. The van der Waals surface area contributed by atoms with Crippen molar-refractivity contribution in [2.75, 3.05) is 0 Å². The second-order valence-corrected chi connectivity index (χ2v) is 14.4. The molecular formula is C51H46O2. The number of ether oxygens (including phenoxy) is 1. The Kier molecular flexibility index (Phi) is 10.2. The summed E-state index contributed by atoms with van der Waals surface area (Å²) in [7, 11) is 0. The molecule has 0 atom stereocenters. The topological polar surface area (TPSA) is 29.5 Å². The molecule has 4 aromatic carbocycles. The normalized spacial score (nSPS) is 20.5. The van der Waals surface area contributed by atoms with Gasteiger partial charge in [-0.1, -0.05) is 146 Å². The zero-order chi connectivity index (χ0) is 36.0. The van der Waals surface area contributed by atoms with E-state index in [0.29, 0.717) is 0 Å². The third-order valence-electron chi connectivity index (χ3n) is 10.8. The molecule has 0 spiro atoms. The van der Waals surface area contributed by atoms with Crippen LogP contribution in [0.15, 0.2) is 203 Å². The van der Waals surface area contributed by atoms with Crippen molar-refractivity contribution < 1.29 is 9.84 Å². The van der Waals surface area contributed by atoms with Gasteiger partial charge in [-0.2, -0.15) is 0 Å². The highest BCUT2D eigenvalue weighted by atomic mass is 16.5. The molecule has 0 radical (unpaired) electrons. The highest BCUT2D eigenvalue weighted by Crippen LogP contribution is 2.45. The fourth-order valence-electron chi connectivity index (χ4n) is 8.13. The Labute approximate surface area is 314 Å². The quantitative estimate of drug-likeness (QED) is 0.196. The number of hydrogen-bond donors (Lipinski definition) is 1. The van der Waals surface area contributed by atoms with E-state index in [9.17, 15) is 5.11 Å². The van der Waals surface area contributed by atoms with Crippen LogP contribution in [0.3, 0.4) is 0 Å². The van der Waals surface area contributed by atoms with E-state index < -0.39 is 0 Å². The van der Waals surface area contributed by atoms with Crippen LogP contribution in [0.25, 0.3) is 22.7 Å². The number of fused-ring (bicyclic) bond motifs is 1. The monoisotopic (exact) mass is 690 g/mol. The molecule has 2 nitrogen and oxygen atoms in total. The third-order valence-corrected chi connectivity index (χ3v) is 10.8. The largest absolute Gasteiger partial charge is 0.507 e. The first kappa shape index (κ1) is 34.2. The molecule has 1 saturated carbocycles. The van der Waals surface area contributed by atoms with E-state index >= 15 is 0 Å². The molecule has 3 aliphatic carbocycles. The van der Waals surface area contributed by atoms with Gasteiger partial charge in [-0.15, -0.1) is 0 Å². The number of benzene rings is 4. The van der Waals surface area contributed by atoms with Crippen molar-refractivity contribution in [3.05, 3.63) is 225 Å². The van der Waals surface area contributed by atoms with Gasteiger partial charge in [0.15, 0.2) is 0 Å². The van der Waals surface area contributed by atoms with E-state index in [1.54, 1.807) is 0 Å². The number of aliphatic hydroxyl groups excluding tert-OH is 1. The summed E-state index contributed by atoms with van der Waals surface area (Å²) in [6, 6.07) is 41.4. The second-order valence-electron chi connectivity index (χ2n) is 14.4. The molecule has 262 valence electrons. The molecule has 0 saturated heterocycles. The van der Waals surface area contributed by atoms with Crippen LogP contribution in [-0.2, 0) is 4.74 Å². The van der Waals surface area contributed by atoms with Crippen molar-refractivity contribution in [2.45, 2.75) is 57.8 Å². The summed E-state index contributed by atoms with van der Waals surface area (Å²) in [6.07, 6.45) is 20.8. The van der Waals surface area contributed by atoms with Crippen molar-refractivity contribution in [1.29, 1.82) is 0 Å². The fraction of sp³-hybridized carbons (Fsp3) is 0.176. The van der Waals surface area contributed by atoms with Gasteiger partial charge < -0.3 is 9.84 Å². The van der Waals surface area contributed by atoms with Crippen molar-refractivity contribution in [3.63, 3.8) is 0 Å². The Morgan fingerprint density at radius 1 is 0.604 bits per heavy atom. The first-order valence-electron chi connectivity index (χ1n) is 19.1. The maximum atomic E-state index is 11.2. The Hall–Kier alpha value is -5.86. The van der Waals surface area contributed by atoms with Crippen molar-refractivity contribution in [1.82, 2.24) is 0 Å². The van der Waals surface area contributed by atoms with Crippen LogP contribution >= 0.6 is 0 Å². The van der Waals surface area contributed by atoms with Gasteiger partial charge in [0, 0.05) is 16.7 Å². The third kappa shape index (κ3) is 7.69. The molecule has 1 N–H and O–H groups in total. The molecule has 8 rings (SSSR count). The standard InChI is InChI=1S/C51H46O2/c1-36-43(27-15-29-45(36)47(39-19-6-2-7-20-39)34-49(52)41-23-10-4-11-24-41)32-37-17-14-18-38(31-37)33-44-28-16-30-46-48(40-21-8-3-9-22-40)35-50(53-51(44)46)42-25-12-5-13-26-42/h2-13,19-26,31-35,52H,1,14-18,27-30H2/b38-33-,43-32+,47-45+,49-34-. The molecule has 1 fully saturated rings. The van der Waals surface area contributed by atoms with Gasteiger partial charge in [-0.25, -0.2) is 0 Å². The minimum absolute atomic E-state index is 0.269. The molecule has 2 heteroatoms. The van der Waals surface area contributed by atoms with E-state index in [-0.39, 0.29) is 5.76 Å². The first-order valence-corrected chi connectivity index (χ1v) is 19.1. The van der Waals surface area contributed by atoms with Crippen molar-refractivity contribution >= 4 is 22.7 Å². The molecule has 4 aromatic rings. The lowest BCUT2D eigenvalue weighted by atomic mass is 9.80. The van der Waals surface area contributed by atoms with Crippen LogP contribution in [0, 0.1) is 0 Å². The Bertz CT molecular complexity index is 2250. The summed E-state index contributed by atoms with van der Waals surface area (Å²) < 4.78 is 6.84. The Morgan fingerprint density at radius 3 is 1.94 bits per heavy atom. The molecule has 53 heavy (non-hydrogen) atoms. The van der Waals surface area contributed by atoms with Crippen LogP contribution in [0.1, 0.15) is 80.0 Å². The van der Waals surface area contributed by atoms with Crippen LogP contribution < -0.4 is 0 Å². The van der Waals surface area contributed by atoms with Crippen LogP contribution in [0.5, 0.6) is 0 Å². The predicted molar refractivity (Wildman–Crippen MR) is 221 cm³/mol. The number of hydrogen-bond acceptors (Lipinski definition) is 2. The number of aliphatic hydroxyl groups is 1. The van der Waals surface area contributed by atoms with Crippen LogP contribution in [0.2, 0.25) is 0 Å². The van der Waals surface area contributed by atoms with E-state index in [4.69, 9.17) is 4.74 Å². The summed E-state index contributed by atoms with van der Waals surface area (Å²) in [5, 5.41) is 11.2. The molecule has 0 unspecified atom stereocenters. The zero-order valence-electron chi connectivity index (χ0n) is 30.4. The smallest absolute Gasteiger partial charge is 0.135 e. The summed E-state index contributed by atoms with van der Waals surface area (Å²) in [6.45, 7) is 4.68. The van der Waals surface area contributed by atoms with Gasteiger partial charge in [0.1, 0.15) is 17.3 Å². The number of allylic oxidation sites excluding steroid dienone is 14. The van der Waals surface area contributed by atoms with Gasteiger partial charge >= 0.3 is 0 Å². The summed E-state index contributed by atoms with van der Waals surface area (Å²) in [5.41, 5.74) is 15.5. The lowest BCUT2D eigenvalue weighted by molar-refractivity contribution is 0.372. The molecular weight excluding hydrogens is 645 g/mol.